The Morgan fingerprint density at radius 2 is 2.00 bits per heavy atom. The molecule has 0 bridgehead atoms. The van der Waals surface area contributed by atoms with Gasteiger partial charge in [-0.15, -0.1) is 0 Å². The Morgan fingerprint density at radius 3 is 2.71 bits per heavy atom. The van der Waals surface area contributed by atoms with Gasteiger partial charge in [0, 0.05) is 18.8 Å². The van der Waals surface area contributed by atoms with E-state index < -0.39 is 0 Å². The fourth-order valence-corrected chi connectivity index (χ4v) is 3.82. The van der Waals surface area contributed by atoms with Gasteiger partial charge in [0.2, 0.25) is 0 Å². The molecule has 1 aromatic rings. The minimum absolute atomic E-state index is 0.774. The molecule has 0 radical (unpaired) electrons. The van der Waals surface area contributed by atoms with E-state index in [1.54, 1.807) is 0 Å². The highest BCUT2D eigenvalue weighted by Gasteiger charge is 2.22. The molecule has 1 saturated carbocycles. The molecule has 112 valence electrons. The maximum absolute atomic E-state index is 9.51. The number of fused-ring (bicyclic) bond motifs is 1. The first-order valence-electron chi connectivity index (χ1n) is 8.49. The Balaban J connectivity index is 1.89. The fourth-order valence-electron chi connectivity index (χ4n) is 3.82. The van der Waals surface area contributed by atoms with E-state index in [1.807, 2.05) is 0 Å². The summed E-state index contributed by atoms with van der Waals surface area (Å²) in [5.41, 5.74) is 3.31. The molecule has 0 aliphatic heterocycles. The van der Waals surface area contributed by atoms with Crippen LogP contribution in [0.1, 0.15) is 62.3 Å². The molecule has 1 fully saturated rings. The summed E-state index contributed by atoms with van der Waals surface area (Å²) in [4.78, 5) is 7.24. The van der Waals surface area contributed by atoms with Gasteiger partial charge in [-0.3, -0.25) is 0 Å². The SMILES string of the molecule is CCN(CC1CCCC1)c1nc2c(cc1C#N)CCCC2. The van der Waals surface area contributed by atoms with Crippen molar-refractivity contribution in [1.29, 1.82) is 5.26 Å². The van der Waals surface area contributed by atoms with Crippen molar-refractivity contribution in [1.82, 2.24) is 4.98 Å². The molecule has 3 nitrogen and oxygen atoms in total. The monoisotopic (exact) mass is 283 g/mol. The number of aromatic nitrogens is 1. The molecule has 0 atom stereocenters. The number of pyridine rings is 1. The van der Waals surface area contributed by atoms with Gasteiger partial charge >= 0.3 is 0 Å². The van der Waals surface area contributed by atoms with Crippen LogP contribution >= 0.6 is 0 Å². The van der Waals surface area contributed by atoms with Crippen LogP contribution < -0.4 is 4.90 Å². The van der Waals surface area contributed by atoms with Gasteiger partial charge < -0.3 is 4.90 Å². The summed E-state index contributed by atoms with van der Waals surface area (Å²) in [5, 5.41) is 9.51. The second-order valence-corrected chi connectivity index (χ2v) is 6.47. The lowest BCUT2D eigenvalue weighted by Crippen LogP contribution is -2.30. The Kier molecular flexibility index (Phi) is 4.43. The van der Waals surface area contributed by atoms with Gasteiger partial charge in [0.1, 0.15) is 11.9 Å². The highest BCUT2D eigenvalue weighted by Crippen LogP contribution is 2.30. The number of nitrogens with zero attached hydrogens (tertiary/aromatic N) is 3. The summed E-state index contributed by atoms with van der Waals surface area (Å²) in [6.45, 7) is 4.19. The smallest absolute Gasteiger partial charge is 0.146 e. The van der Waals surface area contributed by atoms with Gasteiger partial charge in [0.25, 0.3) is 0 Å². The van der Waals surface area contributed by atoms with Crippen LogP contribution in [0.15, 0.2) is 6.07 Å². The molecule has 2 aliphatic rings. The molecule has 0 unspecified atom stereocenters. The van der Waals surface area contributed by atoms with Crippen molar-refractivity contribution in [3.63, 3.8) is 0 Å². The van der Waals surface area contributed by atoms with Crippen LogP contribution in [-0.4, -0.2) is 18.1 Å². The van der Waals surface area contributed by atoms with E-state index in [0.29, 0.717) is 0 Å². The van der Waals surface area contributed by atoms with Crippen molar-refractivity contribution in [2.75, 3.05) is 18.0 Å². The van der Waals surface area contributed by atoms with Gasteiger partial charge in [-0.2, -0.15) is 5.26 Å². The lowest BCUT2D eigenvalue weighted by molar-refractivity contribution is 0.532. The third-order valence-corrected chi connectivity index (χ3v) is 5.04. The normalized spacial score (nSPS) is 18.3. The van der Waals surface area contributed by atoms with Crippen molar-refractivity contribution in [2.24, 2.45) is 5.92 Å². The highest BCUT2D eigenvalue weighted by atomic mass is 15.2. The molecular formula is C18H25N3. The Bertz CT molecular complexity index is 538. The van der Waals surface area contributed by atoms with Crippen molar-refractivity contribution in [2.45, 2.75) is 58.3 Å². The van der Waals surface area contributed by atoms with Crippen LogP contribution in [0.25, 0.3) is 0 Å². The van der Waals surface area contributed by atoms with E-state index in [9.17, 15) is 5.26 Å². The minimum atomic E-state index is 0.774. The molecule has 21 heavy (non-hydrogen) atoms. The Labute approximate surface area is 128 Å². The molecule has 1 heterocycles. The second-order valence-electron chi connectivity index (χ2n) is 6.47. The second kappa shape index (κ2) is 6.47. The molecule has 2 aliphatic carbocycles. The number of rotatable bonds is 4. The third kappa shape index (κ3) is 3.05. The van der Waals surface area contributed by atoms with Gasteiger partial charge in [0.05, 0.1) is 5.56 Å². The van der Waals surface area contributed by atoms with Crippen molar-refractivity contribution >= 4 is 5.82 Å². The van der Waals surface area contributed by atoms with E-state index in [0.717, 1.165) is 43.2 Å². The molecule has 0 saturated heterocycles. The van der Waals surface area contributed by atoms with Gasteiger partial charge in [-0.05, 0) is 63.0 Å². The quantitative estimate of drug-likeness (QED) is 0.842. The lowest BCUT2D eigenvalue weighted by Gasteiger charge is -2.28. The maximum Gasteiger partial charge on any atom is 0.146 e. The zero-order valence-electron chi connectivity index (χ0n) is 13.1. The molecule has 0 spiro atoms. The van der Waals surface area contributed by atoms with Gasteiger partial charge in [-0.1, -0.05) is 12.8 Å². The topological polar surface area (TPSA) is 39.9 Å². The summed E-state index contributed by atoms with van der Waals surface area (Å²) in [6.07, 6.45) is 10.0. The van der Waals surface area contributed by atoms with E-state index in [1.165, 1.54) is 49.8 Å². The zero-order valence-corrected chi connectivity index (χ0v) is 13.1. The lowest BCUT2D eigenvalue weighted by atomic mass is 9.94. The first-order chi connectivity index (χ1) is 10.3. The van der Waals surface area contributed by atoms with Gasteiger partial charge in [0.15, 0.2) is 0 Å². The number of nitriles is 1. The summed E-state index contributed by atoms with van der Waals surface area (Å²) < 4.78 is 0. The van der Waals surface area contributed by atoms with Crippen molar-refractivity contribution in [3.05, 3.63) is 22.9 Å². The molecule has 3 rings (SSSR count). The third-order valence-electron chi connectivity index (χ3n) is 5.04. The van der Waals surface area contributed by atoms with Crippen molar-refractivity contribution in [3.8, 4) is 6.07 Å². The number of aryl methyl sites for hydroxylation is 2. The standard InChI is InChI=1S/C18H25N3/c1-2-21(13-14-7-3-4-8-14)18-16(12-19)11-15-9-5-6-10-17(15)20-18/h11,14H,2-10,13H2,1H3. The van der Waals surface area contributed by atoms with Crippen LogP contribution in [0.2, 0.25) is 0 Å². The number of hydrogen-bond donors (Lipinski definition) is 0. The number of hydrogen-bond acceptors (Lipinski definition) is 3. The van der Waals surface area contributed by atoms with Crippen LogP contribution in [0.3, 0.4) is 0 Å². The van der Waals surface area contributed by atoms with E-state index in [-0.39, 0.29) is 0 Å². The largest absolute Gasteiger partial charge is 0.356 e. The predicted octanol–water partition coefficient (Wildman–Crippen LogP) is 3.85. The summed E-state index contributed by atoms with van der Waals surface area (Å²) in [6, 6.07) is 4.49. The van der Waals surface area contributed by atoms with Crippen LogP contribution in [0, 0.1) is 17.2 Å². The van der Waals surface area contributed by atoms with Crippen LogP contribution in [0.5, 0.6) is 0 Å². The van der Waals surface area contributed by atoms with Crippen LogP contribution in [-0.2, 0) is 12.8 Å². The van der Waals surface area contributed by atoms with E-state index in [4.69, 9.17) is 4.98 Å². The average molecular weight is 283 g/mol. The molecule has 1 aromatic heterocycles. The molecule has 3 heteroatoms. The average Bonchev–Trinajstić information content (AvgIpc) is 3.04. The van der Waals surface area contributed by atoms with Crippen molar-refractivity contribution < 1.29 is 0 Å². The van der Waals surface area contributed by atoms with Gasteiger partial charge in [-0.25, -0.2) is 4.98 Å². The fraction of sp³-hybridized carbons (Fsp3) is 0.667. The molecule has 0 amide bonds. The van der Waals surface area contributed by atoms with E-state index >= 15 is 0 Å². The molecule has 0 N–H and O–H groups in total. The summed E-state index contributed by atoms with van der Waals surface area (Å²) >= 11 is 0. The maximum atomic E-state index is 9.51. The Hall–Kier alpha value is -1.56. The zero-order chi connectivity index (χ0) is 14.7. The first kappa shape index (κ1) is 14.4. The number of anilines is 1. The first-order valence-corrected chi connectivity index (χ1v) is 8.49. The summed E-state index contributed by atoms with van der Waals surface area (Å²) in [5.74, 6) is 1.72. The minimum Gasteiger partial charge on any atom is -0.356 e. The van der Waals surface area contributed by atoms with E-state index in [2.05, 4.69) is 24.0 Å². The Morgan fingerprint density at radius 1 is 1.24 bits per heavy atom. The van der Waals surface area contributed by atoms with Crippen LogP contribution in [0.4, 0.5) is 5.82 Å². The molecular weight excluding hydrogens is 258 g/mol. The predicted molar refractivity (Wildman–Crippen MR) is 85.4 cm³/mol. The summed E-state index contributed by atoms with van der Waals surface area (Å²) in [7, 11) is 0. The molecule has 0 aromatic carbocycles. The highest BCUT2D eigenvalue weighted by molar-refractivity contribution is 5.56.